The first kappa shape index (κ1) is 9.49. The lowest BCUT2D eigenvalue weighted by molar-refractivity contribution is 0.0692. The first-order chi connectivity index (χ1) is 7.75. The number of imidazole rings is 1. The Hall–Kier alpha value is -1.73. The van der Waals surface area contributed by atoms with Crippen molar-refractivity contribution in [3.05, 3.63) is 29.8 Å². The average molecular weight is 251 g/mol. The number of carboxylic acid groups (broad SMARTS) is 1. The van der Waals surface area contributed by atoms with Gasteiger partial charge in [-0.1, -0.05) is 11.3 Å². The van der Waals surface area contributed by atoms with Crippen LogP contribution in [0.3, 0.4) is 0 Å². The third-order valence-electron chi connectivity index (χ3n) is 2.08. The zero-order valence-corrected chi connectivity index (χ0v) is 9.46. The van der Waals surface area contributed by atoms with Gasteiger partial charge in [-0.2, -0.15) is 0 Å². The third kappa shape index (κ3) is 1.33. The highest BCUT2D eigenvalue weighted by Crippen LogP contribution is 2.33. The SMILES string of the molecule is O=C(O)c1ncsc1-c1cn2ccnc2s1. The highest BCUT2D eigenvalue weighted by Gasteiger charge is 2.17. The van der Waals surface area contributed by atoms with Gasteiger partial charge in [-0.25, -0.2) is 14.8 Å². The molecule has 0 saturated carbocycles. The van der Waals surface area contributed by atoms with Crippen LogP contribution in [0.2, 0.25) is 0 Å². The predicted molar refractivity (Wildman–Crippen MR) is 61.1 cm³/mol. The smallest absolute Gasteiger partial charge is 0.356 e. The molecule has 3 heterocycles. The summed E-state index contributed by atoms with van der Waals surface area (Å²) >= 11 is 2.78. The van der Waals surface area contributed by atoms with Crippen LogP contribution in [-0.4, -0.2) is 25.4 Å². The van der Waals surface area contributed by atoms with Crippen molar-refractivity contribution < 1.29 is 9.90 Å². The minimum absolute atomic E-state index is 0.106. The number of thiazole rings is 2. The number of nitrogens with zero attached hydrogens (tertiary/aromatic N) is 3. The summed E-state index contributed by atoms with van der Waals surface area (Å²) in [6.07, 6.45) is 5.41. The van der Waals surface area contributed by atoms with Crippen LogP contribution in [0, 0.1) is 0 Å². The van der Waals surface area contributed by atoms with E-state index in [-0.39, 0.29) is 5.69 Å². The molecule has 0 aromatic carbocycles. The number of fused-ring (bicyclic) bond motifs is 1. The Morgan fingerprint density at radius 2 is 2.31 bits per heavy atom. The quantitative estimate of drug-likeness (QED) is 0.758. The van der Waals surface area contributed by atoms with Gasteiger partial charge in [0.2, 0.25) is 0 Å². The van der Waals surface area contributed by atoms with E-state index in [0.717, 1.165) is 9.84 Å². The Morgan fingerprint density at radius 3 is 3.06 bits per heavy atom. The lowest BCUT2D eigenvalue weighted by atomic mass is 10.3. The highest BCUT2D eigenvalue weighted by molar-refractivity contribution is 7.24. The van der Waals surface area contributed by atoms with Crippen molar-refractivity contribution in [3.63, 3.8) is 0 Å². The molecule has 5 nitrogen and oxygen atoms in total. The first-order valence-electron chi connectivity index (χ1n) is 4.35. The molecular formula is C9H5N3O2S2. The molecule has 80 valence electrons. The number of hydrogen-bond donors (Lipinski definition) is 1. The zero-order chi connectivity index (χ0) is 11.1. The summed E-state index contributed by atoms with van der Waals surface area (Å²) in [7, 11) is 0. The molecule has 0 aliphatic carbocycles. The summed E-state index contributed by atoms with van der Waals surface area (Å²) < 4.78 is 1.87. The van der Waals surface area contributed by atoms with Gasteiger partial charge < -0.3 is 5.11 Å². The molecule has 0 saturated heterocycles. The summed E-state index contributed by atoms with van der Waals surface area (Å²) in [4.78, 5) is 21.3. The molecule has 0 fully saturated rings. The second kappa shape index (κ2) is 3.39. The minimum atomic E-state index is -0.998. The van der Waals surface area contributed by atoms with Crippen LogP contribution >= 0.6 is 22.7 Å². The topological polar surface area (TPSA) is 67.5 Å². The van der Waals surface area contributed by atoms with Gasteiger partial charge in [-0.15, -0.1) is 11.3 Å². The van der Waals surface area contributed by atoms with Crippen molar-refractivity contribution in [2.75, 3.05) is 0 Å². The van der Waals surface area contributed by atoms with Gasteiger partial charge in [0.25, 0.3) is 0 Å². The zero-order valence-electron chi connectivity index (χ0n) is 7.82. The monoisotopic (exact) mass is 251 g/mol. The summed E-state index contributed by atoms with van der Waals surface area (Å²) in [5, 5.41) is 8.97. The number of rotatable bonds is 2. The van der Waals surface area contributed by atoms with Crippen LogP contribution < -0.4 is 0 Å². The highest BCUT2D eigenvalue weighted by atomic mass is 32.1. The van der Waals surface area contributed by atoms with Gasteiger partial charge in [0, 0.05) is 18.6 Å². The predicted octanol–water partition coefficient (Wildman–Crippen LogP) is 2.22. The number of aromatic nitrogens is 3. The van der Waals surface area contributed by atoms with E-state index in [4.69, 9.17) is 5.11 Å². The molecule has 3 rings (SSSR count). The molecule has 0 aliphatic rings. The fourth-order valence-corrected chi connectivity index (χ4v) is 3.24. The van der Waals surface area contributed by atoms with Crippen LogP contribution in [0.4, 0.5) is 0 Å². The Kier molecular flexibility index (Phi) is 2.01. The standard InChI is InChI=1S/C9H5N3O2S2/c13-8(14)6-7(15-4-11-6)5-3-12-2-1-10-9(12)16-5/h1-4H,(H,13,14). The Morgan fingerprint density at radius 1 is 1.44 bits per heavy atom. The van der Waals surface area contributed by atoms with E-state index < -0.39 is 5.97 Å². The fraction of sp³-hybridized carbons (Fsp3) is 0. The first-order valence-corrected chi connectivity index (χ1v) is 6.05. The van der Waals surface area contributed by atoms with E-state index in [1.165, 1.54) is 22.7 Å². The van der Waals surface area contributed by atoms with Crippen molar-refractivity contribution in [1.82, 2.24) is 14.4 Å². The lowest BCUT2D eigenvalue weighted by Crippen LogP contribution is -1.97. The van der Waals surface area contributed by atoms with Crippen LogP contribution in [0.25, 0.3) is 14.7 Å². The second-order valence-electron chi connectivity index (χ2n) is 3.05. The van der Waals surface area contributed by atoms with Gasteiger partial charge in [0.1, 0.15) is 0 Å². The lowest BCUT2D eigenvalue weighted by Gasteiger charge is -1.92. The summed E-state index contributed by atoms with van der Waals surface area (Å²) in [5.41, 5.74) is 1.65. The second-order valence-corrected chi connectivity index (χ2v) is 4.91. The van der Waals surface area contributed by atoms with E-state index in [2.05, 4.69) is 9.97 Å². The Bertz CT molecular complexity index is 638. The van der Waals surface area contributed by atoms with Gasteiger partial charge >= 0.3 is 5.97 Å². The van der Waals surface area contributed by atoms with Gasteiger partial charge in [-0.05, 0) is 0 Å². The average Bonchev–Trinajstić information content (AvgIpc) is 2.91. The number of aromatic carboxylic acids is 1. The molecule has 3 aromatic heterocycles. The molecule has 0 radical (unpaired) electrons. The van der Waals surface area contributed by atoms with Crippen LogP contribution in [-0.2, 0) is 0 Å². The summed E-state index contributed by atoms with van der Waals surface area (Å²) in [6.45, 7) is 0. The van der Waals surface area contributed by atoms with E-state index in [9.17, 15) is 4.79 Å². The molecule has 0 atom stereocenters. The van der Waals surface area contributed by atoms with Crippen LogP contribution in [0.5, 0.6) is 0 Å². The Balaban J connectivity index is 2.19. The molecule has 0 spiro atoms. The van der Waals surface area contributed by atoms with Crippen molar-refractivity contribution in [2.24, 2.45) is 0 Å². The summed E-state index contributed by atoms with van der Waals surface area (Å²) in [6, 6.07) is 0. The van der Waals surface area contributed by atoms with Crippen molar-refractivity contribution >= 4 is 33.6 Å². The van der Waals surface area contributed by atoms with E-state index >= 15 is 0 Å². The van der Waals surface area contributed by atoms with Gasteiger partial charge in [-0.3, -0.25) is 4.40 Å². The Labute approximate surface area is 97.6 Å². The molecule has 0 bridgehead atoms. The fourth-order valence-electron chi connectivity index (χ4n) is 1.41. The number of carbonyl (C=O) groups is 1. The maximum absolute atomic E-state index is 10.9. The van der Waals surface area contributed by atoms with Crippen LogP contribution in [0.15, 0.2) is 24.1 Å². The van der Waals surface area contributed by atoms with Gasteiger partial charge in [0.15, 0.2) is 10.7 Å². The molecular weight excluding hydrogens is 246 g/mol. The third-order valence-corrected chi connectivity index (χ3v) is 4.10. The maximum Gasteiger partial charge on any atom is 0.356 e. The molecule has 3 aromatic rings. The van der Waals surface area contributed by atoms with Crippen molar-refractivity contribution in [3.8, 4) is 9.75 Å². The molecule has 0 amide bonds. The van der Waals surface area contributed by atoms with E-state index in [0.29, 0.717) is 4.88 Å². The van der Waals surface area contributed by atoms with Crippen molar-refractivity contribution in [1.29, 1.82) is 0 Å². The maximum atomic E-state index is 10.9. The molecule has 7 heteroatoms. The minimum Gasteiger partial charge on any atom is -0.476 e. The van der Waals surface area contributed by atoms with Gasteiger partial charge in [0.05, 0.1) is 15.3 Å². The van der Waals surface area contributed by atoms with E-state index in [1.54, 1.807) is 11.7 Å². The normalized spacial score (nSPS) is 11.0. The largest absolute Gasteiger partial charge is 0.476 e. The number of hydrogen-bond acceptors (Lipinski definition) is 5. The molecule has 1 N–H and O–H groups in total. The molecule has 0 unspecified atom stereocenters. The molecule has 0 aliphatic heterocycles. The molecule has 16 heavy (non-hydrogen) atoms. The summed E-state index contributed by atoms with van der Waals surface area (Å²) in [5.74, 6) is -0.998. The van der Waals surface area contributed by atoms with E-state index in [1.807, 2.05) is 16.8 Å². The number of carboxylic acids is 1. The van der Waals surface area contributed by atoms with Crippen molar-refractivity contribution in [2.45, 2.75) is 0 Å². The van der Waals surface area contributed by atoms with Crippen LogP contribution in [0.1, 0.15) is 10.5 Å².